The highest BCUT2D eigenvalue weighted by molar-refractivity contribution is 7.15. The predicted octanol–water partition coefficient (Wildman–Crippen LogP) is 8.10. The number of nitrogens with zero attached hydrogens (tertiary/aromatic N) is 2. The highest BCUT2D eigenvalue weighted by atomic mass is 32.1. The highest BCUT2D eigenvalue weighted by Crippen LogP contribution is 2.38. The average Bonchev–Trinajstić information content (AvgIpc) is 3.53. The second kappa shape index (κ2) is 12.7. The number of ether oxygens (including phenoxy) is 4. The van der Waals surface area contributed by atoms with Crippen molar-refractivity contribution in [3.63, 3.8) is 0 Å². The molecule has 0 aliphatic carbocycles. The van der Waals surface area contributed by atoms with Gasteiger partial charge in [-0.2, -0.15) is 13.2 Å². The van der Waals surface area contributed by atoms with Crippen molar-refractivity contribution in [2.45, 2.75) is 77.7 Å². The van der Waals surface area contributed by atoms with Gasteiger partial charge in [0.05, 0.1) is 34.9 Å². The molecule has 1 atom stereocenters. The lowest BCUT2D eigenvalue weighted by Gasteiger charge is -2.25. The zero-order valence-electron chi connectivity index (χ0n) is 24.6. The van der Waals surface area contributed by atoms with E-state index < -0.39 is 23.4 Å². The molecule has 1 saturated heterocycles. The fourth-order valence-corrected chi connectivity index (χ4v) is 6.05. The van der Waals surface area contributed by atoms with E-state index in [2.05, 4.69) is 4.98 Å². The summed E-state index contributed by atoms with van der Waals surface area (Å²) in [6, 6.07) is 12.7. The number of rotatable bonds is 9. The summed E-state index contributed by atoms with van der Waals surface area (Å²) < 4.78 is 64.7. The first-order valence-corrected chi connectivity index (χ1v) is 15.0. The topological polar surface area (TPSA) is 71.8 Å². The van der Waals surface area contributed by atoms with E-state index in [0.717, 1.165) is 40.0 Å². The van der Waals surface area contributed by atoms with Gasteiger partial charge < -0.3 is 23.5 Å². The number of alkyl halides is 3. The van der Waals surface area contributed by atoms with Gasteiger partial charge in [0.15, 0.2) is 6.29 Å². The fraction of sp³-hybridized carbons (Fsp3) is 0.438. The van der Waals surface area contributed by atoms with Crippen molar-refractivity contribution >= 4 is 28.2 Å². The summed E-state index contributed by atoms with van der Waals surface area (Å²) in [7, 11) is 0. The van der Waals surface area contributed by atoms with Crippen molar-refractivity contribution in [3.8, 4) is 16.3 Å². The molecule has 0 spiro atoms. The Labute approximate surface area is 252 Å². The molecule has 7 nitrogen and oxygen atoms in total. The van der Waals surface area contributed by atoms with Crippen LogP contribution >= 0.6 is 11.3 Å². The van der Waals surface area contributed by atoms with Crippen LogP contribution in [0, 0.1) is 6.92 Å². The number of halogens is 3. The number of hydrogen-bond donors (Lipinski definition) is 0. The fourth-order valence-electron chi connectivity index (χ4n) is 4.92. The zero-order chi connectivity index (χ0) is 30.8. The molecular weight excluding hydrogens is 581 g/mol. The third-order valence-electron chi connectivity index (χ3n) is 6.89. The van der Waals surface area contributed by atoms with Crippen LogP contribution in [0.3, 0.4) is 0 Å². The maximum absolute atomic E-state index is 13.1. The Morgan fingerprint density at radius 2 is 1.81 bits per heavy atom. The molecule has 1 aliphatic heterocycles. The van der Waals surface area contributed by atoms with Crippen LogP contribution in [0.1, 0.15) is 62.3 Å². The molecule has 0 bridgehead atoms. The van der Waals surface area contributed by atoms with E-state index in [0.29, 0.717) is 42.4 Å². The van der Waals surface area contributed by atoms with E-state index in [1.165, 1.54) is 23.5 Å². The summed E-state index contributed by atoms with van der Waals surface area (Å²) in [5, 5.41) is 1.57. The van der Waals surface area contributed by atoms with E-state index in [9.17, 15) is 18.0 Å². The normalized spacial score (nSPS) is 15.5. The number of fused-ring (bicyclic) bond motifs is 1. The maximum atomic E-state index is 13.1. The van der Waals surface area contributed by atoms with Gasteiger partial charge in [0.25, 0.3) is 0 Å². The monoisotopic (exact) mass is 616 g/mol. The number of hydrogen-bond acceptors (Lipinski definition) is 7. The summed E-state index contributed by atoms with van der Waals surface area (Å²) in [6.07, 6.45) is -1.30. The molecule has 2 aromatic heterocycles. The van der Waals surface area contributed by atoms with Crippen molar-refractivity contribution in [1.82, 2.24) is 9.55 Å². The molecule has 3 heterocycles. The largest absolute Gasteiger partial charge is 0.485 e. The van der Waals surface area contributed by atoms with Crippen LogP contribution < -0.4 is 4.74 Å². The lowest BCUT2D eigenvalue weighted by Crippen LogP contribution is -2.26. The Hall–Kier alpha value is -3.41. The molecule has 11 heteroatoms. The lowest BCUT2D eigenvalue weighted by molar-refractivity contribution is -0.183. The van der Waals surface area contributed by atoms with Gasteiger partial charge in [-0.25, -0.2) is 4.98 Å². The lowest BCUT2D eigenvalue weighted by atomic mass is 10.1. The van der Waals surface area contributed by atoms with Gasteiger partial charge in [-0.1, -0.05) is 12.1 Å². The number of thiazole rings is 1. The Morgan fingerprint density at radius 3 is 2.49 bits per heavy atom. The third-order valence-corrected chi connectivity index (χ3v) is 8.19. The first kappa shape index (κ1) is 31.0. The number of benzene rings is 2. The minimum absolute atomic E-state index is 0.0639. The molecular formula is C32H35F3N2O5S. The number of carbonyl (C=O) groups is 1. The summed E-state index contributed by atoms with van der Waals surface area (Å²) in [4.78, 5) is 18.1. The van der Waals surface area contributed by atoms with Crippen LogP contribution in [0.15, 0.2) is 54.7 Å². The molecule has 1 fully saturated rings. The van der Waals surface area contributed by atoms with E-state index >= 15 is 0 Å². The molecule has 4 aromatic rings. The van der Waals surface area contributed by atoms with Crippen LogP contribution in [0.5, 0.6) is 5.75 Å². The van der Waals surface area contributed by atoms with Crippen molar-refractivity contribution in [1.29, 1.82) is 0 Å². The molecule has 0 amide bonds. The SMILES string of the molecule is Cc1nc(-c2ccc(C(F)(F)F)cc2)sc1C(CCC1OCCCO1)Oc1ccc2ccn(CC(=O)OC(C)(C)C)c2c1. The quantitative estimate of drug-likeness (QED) is 0.177. The van der Waals surface area contributed by atoms with Crippen molar-refractivity contribution < 1.29 is 36.9 Å². The molecule has 1 unspecified atom stereocenters. The van der Waals surface area contributed by atoms with Crippen molar-refractivity contribution in [2.24, 2.45) is 0 Å². The Bertz CT molecular complexity index is 1550. The number of aromatic nitrogens is 2. The van der Waals surface area contributed by atoms with Gasteiger partial charge in [0.1, 0.15) is 29.0 Å². The number of esters is 1. The molecule has 5 rings (SSSR count). The van der Waals surface area contributed by atoms with E-state index in [4.69, 9.17) is 18.9 Å². The molecule has 0 N–H and O–H groups in total. The first-order valence-electron chi connectivity index (χ1n) is 14.2. The predicted molar refractivity (Wildman–Crippen MR) is 158 cm³/mol. The summed E-state index contributed by atoms with van der Waals surface area (Å²) in [5.74, 6) is 0.272. The Morgan fingerprint density at radius 1 is 1.09 bits per heavy atom. The van der Waals surface area contributed by atoms with Crippen LogP contribution in [-0.2, 0) is 31.7 Å². The second-order valence-electron chi connectivity index (χ2n) is 11.5. The summed E-state index contributed by atoms with van der Waals surface area (Å²) in [5.41, 5.74) is 0.882. The average molecular weight is 617 g/mol. The Kier molecular flexibility index (Phi) is 9.15. The summed E-state index contributed by atoms with van der Waals surface area (Å²) >= 11 is 1.40. The standard InChI is InChI=1S/C32H35F3N2O5S/c1-20-29(43-30(36-20)22-6-9-23(10-7-22)32(33,34)35)26(12-13-28-39-16-5-17-40-28)41-24-11-8-21-14-15-37(25(21)18-24)19-27(38)42-31(2,3)4/h6-11,14-15,18,26,28H,5,12-13,16-17,19H2,1-4H3. The van der Waals surface area contributed by atoms with Crippen LogP contribution in [0.4, 0.5) is 13.2 Å². The second-order valence-corrected chi connectivity index (χ2v) is 12.5. The van der Waals surface area contributed by atoms with Gasteiger partial charge in [0.2, 0.25) is 0 Å². The molecule has 0 radical (unpaired) electrons. The first-order chi connectivity index (χ1) is 20.4. The van der Waals surface area contributed by atoms with Gasteiger partial charge >= 0.3 is 12.1 Å². The van der Waals surface area contributed by atoms with Crippen LogP contribution in [0.2, 0.25) is 0 Å². The maximum Gasteiger partial charge on any atom is 0.416 e. The summed E-state index contributed by atoms with van der Waals surface area (Å²) in [6.45, 7) is 8.71. The Balaban J connectivity index is 1.41. The molecule has 43 heavy (non-hydrogen) atoms. The van der Waals surface area contributed by atoms with E-state index in [-0.39, 0.29) is 18.8 Å². The zero-order valence-corrected chi connectivity index (χ0v) is 25.4. The molecule has 2 aromatic carbocycles. The number of carbonyl (C=O) groups excluding carboxylic acids is 1. The highest BCUT2D eigenvalue weighted by Gasteiger charge is 2.30. The van der Waals surface area contributed by atoms with Gasteiger partial charge in [-0.05, 0) is 76.3 Å². The molecule has 1 aliphatic rings. The minimum atomic E-state index is -4.40. The third kappa shape index (κ3) is 7.95. The van der Waals surface area contributed by atoms with E-state index in [1.54, 1.807) is 0 Å². The molecule has 0 saturated carbocycles. The van der Waals surface area contributed by atoms with E-state index in [1.807, 2.05) is 62.7 Å². The van der Waals surface area contributed by atoms with Crippen molar-refractivity contribution in [3.05, 3.63) is 70.9 Å². The van der Waals surface area contributed by atoms with Gasteiger partial charge in [-0.15, -0.1) is 11.3 Å². The van der Waals surface area contributed by atoms with Gasteiger partial charge in [-0.3, -0.25) is 4.79 Å². The van der Waals surface area contributed by atoms with Crippen LogP contribution in [0.25, 0.3) is 21.5 Å². The smallest absolute Gasteiger partial charge is 0.416 e. The molecule has 230 valence electrons. The minimum Gasteiger partial charge on any atom is -0.485 e. The van der Waals surface area contributed by atoms with Gasteiger partial charge in [0, 0.05) is 24.2 Å². The van der Waals surface area contributed by atoms with Crippen molar-refractivity contribution in [2.75, 3.05) is 13.2 Å². The number of aryl methyl sites for hydroxylation is 1. The van der Waals surface area contributed by atoms with Crippen LogP contribution in [-0.4, -0.2) is 40.6 Å².